The third-order valence-electron chi connectivity index (χ3n) is 4.45. The number of hydrogen-bond donors (Lipinski definition) is 1. The Bertz CT molecular complexity index is 1030. The molecule has 1 heterocycles. The Hall–Kier alpha value is -3.22. The van der Waals surface area contributed by atoms with Gasteiger partial charge in [-0.25, -0.2) is 4.39 Å². The summed E-state index contributed by atoms with van der Waals surface area (Å²) in [4.78, 5) is 26.2. The standard InChI is InChI=1S/C22H19BrFN3O4/c23-19-12-15(1-6-20(19)31-14-21(28)27-7-9-30-10-8-27)11-16(13-25)22(29)26-18-4-2-17(24)3-5-18/h1-6,11-12H,7-10,14H2,(H,26,29). The number of carbonyl (C=O) groups excluding carboxylic acids is 2. The van der Waals surface area contributed by atoms with Crippen LogP contribution in [0.15, 0.2) is 52.5 Å². The van der Waals surface area contributed by atoms with Crippen molar-refractivity contribution in [3.8, 4) is 11.8 Å². The van der Waals surface area contributed by atoms with Gasteiger partial charge in [-0.15, -0.1) is 0 Å². The van der Waals surface area contributed by atoms with Crippen molar-refractivity contribution >= 4 is 39.5 Å². The fourth-order valence-corrected chi connectivity index (χ4v) is 3.33. The summed E-state index contributed by atoms with van der Waals surface area (Å²) in [6.45, 7) is 2.03. The lowest BCUT2D eigenvalue weighted by Crippen LogP contribution is -2.43. The minimum absolute atomic E-state index is 0.0999. The van der Waals surface area contributed by atoms with Crippen molar-refractivity contribution in [3.63, 3.8) is 0 Å². The second kappa shape index (κ2) is 10.7. The van der Waals surface area contributed by atoms with E-state index in [-0.39, 0.29) is 18.1 Å². The molecule has 0 bridgehead atoms. The number of nitrogens with zero attached hydrogens (tertiary/aromatic N) is 2. The van der Waals surface area contributed by atoms with Crippen LogP contribution in [0.4, 0.5) is 10.1 Å². The Labute approximate surface area is 187 Å². The lowest BCUT2D eigenvalue weighted by Gasteiger charge is -2.26. The Morgan fingerprint density at radius 3 is 2.58 bits per heavy atom. The number of halogens is 2. The maximum Gasteiger partial charge on any atom is 0.266 e. The van der Waals surface area contributed by atoms with Crippen LogP contribution in [0.2, 0.25) is 0 Å². The first-order valence-corrected chi connectivity index (χ1v) is 10.2. The van der Waals surface area contributed by atoms with E-state index in [4.69, 9.17) is 9.47 Å². The molecule has 9 heteroatoms. The third-order valence-corrected chi connectivity index (χ3v) is 5.07. The highest BCUT2D eigenvalue weighted by Crippen LogP contribution is 2.27. The first-order valence-electron chi connectivity index (χ1n) is 9.43. The van der Waals surface area contributed by atoms with Gasteiger partial charge in [0.2, 0.25) is 0 Å². The molecule has 1 saturated heterocycles. The predicted octanol–water partition coefficient (Wildman–Crippen LogP) is 3.37. The summed E-state index contributed by atoms with van der Waals surface area (Å²) in [5.41, 5.74) is 0.847. The van der Waals surface area contributed by atoms with E-state index in [2.05, 4.69) is 21.2 Å². The molecule has 31 heavy (non-hydrogen) atoms. The van der Waals surface area contributed by atoms with E-state index in [0.717, 1.165) is 0 Å². The van der Waals surface area contributed by atoms with E-state index < -0.39 is 11.7 Å². The van der Waals surface area contributed by atoms with Crippen LogP contribution in [0, 0.1) is 17.1 Å². The molecule has 2 aromatic carbocycles. The fourth-order valence-electron chi connectivity index (χ4n) is 2.81. The van der Waals surface area contributed by atoms with Gasteiger partial charge in [0, 0.05) is 18.8 Å². The molecule has 0 spiro atoms. The van der Waals surface area contributed by atoms with Crippen LogP contribution in [0.1, 0.15) is 5.56 Å². The van der Waals surface area contributed by atoms with Crippen LogP contribution >= 0.6 is 15.9 Å². The Morgan fingerprint density at radius 1 is 1.23 bits per heavy atom. The van der Waals surface area contributed by atoms with Crippen molar-refractivity contribution in [1.29, 1.82) is 5.26 Å². The van der Waals surface area contributed by atoms with Crippen molar-refractivity contribution in [2.45, 2.75) is 0 Å². The maximum atomic E-state index is 13.0. The summed E-state index contributed by atoms with van der Waals surface area (Å²) in [6, 6.07) is 12.1. The highest BCUT2D eigenvalue weighted by Gasteiger charge is 2.17. The number of amides is 2. The topological polar surface area (TPSA) is 91.7 Å². The van der Waals surface area contributed by atoms with Gasteiger partial charge in [-0.2, -0.15) is 5.26 Å². The van der Waals surface area contributed by atoms with Gasteiger partial charge in [0.1, 0.15) is 23.2 Å². The number of carbonyl (C=O) groups is 2. The second-order valence-electron chi connectivity index (χ2n) is 6.60. The third kappa shape index (κ3) is 6.38. The second-order valence-corrected chi connectivity index (χ2v) is 7.46. The van der Waals surface area contributed by atoms with Gasteiger partial charge in [0.15, 0.2) is 6.61 Å². The SMILES string of the molecule is N#CC(=Cc1ccc(OCC(=O)N2CCOCC2)c(Br)c1)C(=O)Nc1ccc(F)cc1. The van der Waals surface area contributed by atoms with Crippen LogP contribution < -0.4 is 10.1 Å². The van der Waals surface area contributed by atoms with Crippen molar-refractivity contribution in [1.82, 2.24) is 4.90 Å². The fraction of sp³-hybridized carbons (Fsp3) is 0.227. The van der Waals surface area contributed by atoms with Crippen LogP contribution in [0.5, 0.6) is 5.75 Å². The van der Waals surface area contributed by atoms with E-state index in [1.165, 1.54) is 30.3 Å². The zero-order chi connectivity index (χ0) is 22.2. The van der Waals surface area contributed by atoms with Crippen molar-refractivity contribution in [2.75, 3.05) is 38.2 Å². The molecule has 2 aromatic rings. The quantitative estimate of drug-likeness (QED) is 0.498. The van der Waals surface area contributed by atoms with Crippen molar-refractivity contribution < 1.29 is 23.5 Å². The Morgan fingerprint density at radius 2 is 1.94 bits per heavy atom. The first kappa shape index (κ1) is 22.5. The first-order chi connectivity index (χ1) is 15.0. The number of nitrogens with one attached hydrogen (secondary N) is 1. The number of benzene rings is 2. The summed E-state index contributed by atoms with van der Waals surface area (Å²) >= 11 is 3.38. The monoisotopic (exact) mass is 487 g/mol. The molecule has 0 radical (unpaired) electrons. The highest BCUT2D eigenvalue weighted by atomic mass is 79.9. The zero-order valence-corrected chi connectivity index (χ0v) is 18.0. The van der Waals surface area contributed by atoms with Crippen molar-refractivity contribution in [3.05, 3.63) is 63.9 Å². The summed E-state index contributed by atoms with van der Waals surface area (Å²) in [5.74, 6) is -0.689. The molecule has 1 aliphatic rings. The van der Waals surface area contributed by atoms with Crippen LogP contribution in [0.25, 0.3) is 6.08 Å². The lowest BCUT2D eigenvalue weighted by molar-refractivity contribution is -0.137. The average Bonchev–Trinajstić information content (AvgIpc) is 2.78. The van der Waals surface area contributed by atoms with Gasteiger partial charge in [-0.05, 0) is 64.0 Å². The number of hydrogen-bond acceptors (Lipinski definition) is 5. The average molecular weight is 488 g/mol. The van der Waals surface area contributed by atoms with E-state index in [0.29, 0.717) is 47.8 Å². The summed E-state index contributed by atoms with van der Waals surface area (Å²) in [5, 5.41) is 11.9. The molecule has 7 nitrogen and oxygen atoms in total. The molecule has 1 fully saturated rings. The van der Waals surface area contributed by atoms with E-state index in [9.17, 15) is 19.2 Å². The number of nitriles is 1. The van der Waals surface area contributed by atoms with Gasteiger partial charge in [0.25, 0.3) is 11.8 Å². The number of anilines is 1. The minimum Gasteiger partial charge on any atom is -0.483 e. The van der Waals surface area contributed by atoms with E-state index in [1.807, 2.05) is 6.07 Å². The molecule has 1 N–H and O–H groups in total. The molecular formula is C22H19BrFN3O4. The van der Waals surface area contributed by atoms with Gasteiger partial charge >= 0.3 is 0 Å². The molecule has 0 aromatic heterocycles. The van der Waals surface area contributed by atoms with E-state index >= 15 is 0 Å². The summed E-state index contributed by atoms with van der Waals surface area (Å²) in [7, 11) is 0. The van der Waals surface area contributed by atoms with Gasteiger partial charge in [-0.3, -0.25) is 9.59 Å². The van der Waals surface area contributed by atoms with Crippen LogP contribution in [-0.4, -0.2) is 49.6 Å². The molecule has 0 unspecified atom stereocenters. The molecule has 1 aliphatic heterocycles. The summed E-state index contributed by atoms with van der Waals surface area (Å²) < 4.78 is 24.4. The Balaban J connectivity index is 1.63. The van der Waals surface area contributed by atoms with Gasteiger partial charge < -0.3 is 19.7 Å². The number of morpholine rings is 1. The minimum atomic E-state index is -0.610. The highest BCUT2D eigenvalue weighted by molar-refractivity contribution is 9.10. The maximum absolute atomic E-state index is 13.0. The van der Waals surface area contributed by atoms with Gasteiger partial charge in [-0.1, -0.05) is 6.07 Å². The Kier molecular flexibility index (Phi) is 7.76. The zero-order valence-electron chi connectivity index (χ0n) is 16.4. The molecule has 0 atom stereocenters. The molecule has 0 saturated carbocycles. The van der Waals surface area contributed by atoms with Crippen molar-refractivity contribution in [2.24, 2.45) is 0 Å². The molecule has 2 amide bonds. The molecule has 160 valence electrons. The normalized spacial score (nSPS) is 14.0. The molecular weight excluding hydrogens is 469 g/mol. The number of rotatable bonds is 6. The lowest BCUT2D eigenvalue weighted by atomic mass is 10.1. The largest absolute Gasteiger partial charge is 0.483 e. The van der Waals surface area contributed by atoms with Gasteiger partial charge in [0.05, 0.1) is 17.7 Å². The molecule has 0 aliphatic carbocycles. The van der Waals surface area contributed by atoms with Crippen LogP contribution in [0.3, 0.4) is 0 Å². The predicted molar refractivity (Wildman–Crippen MR) is 116 cm³/mol. The van der Waals surface area contributed by atoms with Crippen LogP contribution in [-0.2, 0) is 14.3 Å². The number of ether oxygens (including phenoxy) is 2. The summed E-state index contributed by atoms with van der Waals surface area (Å²) in [6.07, 6.45) is 1.42. The molecule has 3 rings (SSSR count). The van der Waals surface area contributed by atoms with E-state index in [1.54, 1.807) is 23.1 Å². The smallest absolute Gasteiger partial charge is 0.266 e.